The second-order valence-electron chi connectivity index (χ2n) is 4.97. The first kappa shape index (κ1) is 15.1. The lowest BCUT2D eigenvalue weighted by Gasteiger charge is -2.29. The number of rotatable bonds is 4. The normalized spacial score (nSPS) is 22.6. The van der Waals surface area contributed by atoms with Gasteiger partial charge in [0.15, 0.2) is 0 Å². The smallest absolute Gasteiger partial charge is 0.335 e. The van der Waals surface area contributed by atoms with E-state index in [1.54, 1.807) is 0 Å². The summed E-state index contributed by atoms with van der Waals surface area (Å²) < 4.78 is 27.6. The Labute approximate surface area is 120 Å². The summed E-state index contributed by atoms with van der Waals surface area (Å²) in [5.74, 6) is -3.04. The summed E-state index contributed by atoms with van der Waals surface area (Å²) in [6.45, 7) is 0. The van der Waals surface area contributed by atoms with Crippen molar-refractivity contribution in [1.82, 2.24) is 0 Å². The molecule has 0 spiro atoms. The molecule has 1 aromatic rings. The van der Waals surface area contributed by atoms with E-state index in [4.69, 9.17) is 5.11 Å². The Kier molecular flexibility index (Phi) is 4.86. The highest BCUT2D eigenvalue weighted by atomic mass is 32.2. The molecular formula is C14H17F2NO2S. The fourth-order valence-corrected chi connectivity index (χ4v) is 3.23. The first-order chi connectivity index (χ1) is 9.51. The van der Waals surface area contributed by atoms with Gasteiger partial charge in [0, 0.05) is 11.3 Å². The van der Waals surface area contributed by atoms with Gasteiger partial charge in [-0.1, -0.05) is 0 Å². The molecule has 0 unspecified atom stereocenters. The van der Waals surface area contributed by atoms with Crippen LogP contribution in [0.3, 0.4) is 0 Å². The van der Waals surface area contributed by atoms with Gasteiger partial charge in [0.25, 0.3) is 0 Å². The molecule has 1 saturated carbocycles. The zero-order chi connectivity index (χ0) is 14.7. The molecular weight excluding hydrogens is 284 g/mol. The molecule has 2 rings (SSSR count). The van der Waals surface area contributed by atoms with Crippen LogP contribution in [0.15, 0.2) is 12.1 Å². The first-order valence-corrected chi connectivity index (χ1v) is 7.81. The molecule has 3 nitrogen and oxygen atoms in total. The lowest BCUT2D eigenvalue weighted by molar-refractivity contribution is 0.0696. The van der Waals surface area contributed by atoms with E-state index in [2.05, 4.69) is 11.6 Å². The summed E-state index contributed by atoms with van der Waals surface area (Å²) in [6.07, 6.45) is 5.85. The number of carboxylic acids is 1. The summed E-state index contributed by atoms with van der Waals surface area (Å²) in [5, 5.41) is 12.2. The first-order valence-electron chi connectivity index (χ1n) is 6.53. The maximum atomic E-state index is 13.8. The van der Waals surface area contributed by atoms with Crippen LogP contribution in [0.2, 0.25) is 0 Å². The van der Waals surface area contributed by atoms with Crippen LogP contribution in [0, 0.1) is 11.6 Å². The van der Waals surface area contributed by atoms with Crippen molar-refractivity contribution in [2.75, 3.05) is 11.6 Å². The third kappa shape index (κ3) is 3.42. The lowest BCUT2D eigenvalue weighted by Crippen LogP contribution is -2.28. The van der Waals surface area contributed by atoms with Crippen LogP contribution in [0.25, 0.3) is 0 Å². The minimum absolute atomic E-state index is 0.0399. The number of halogens is 2. The summed E-state index contributed by atoms with van der Waals surface area (Å²) in [7, 11) is 0. The maximum absolute atomic E-state index is 13.8. The van der Waals surface area contributed by atoms with Crippen LogP contribution in [0.1, 0.15) is 36.0 Å². The number of hydrogen-bond donors (Lipinski definition) is 2. The standard InChI is InChI=1S/C14H17F2NO2S/c1-20-10-4-2-9(3-5-10)17-13-11(15)6-8(14(18)19)7-12(13)16/h6-7,9-10,17H,2-5H2,1H3,(H,18,19). The van der Waals surface area contributed by atoms with Gasteiger partial charge < -0.3 is 10.4 Å². The fraction of sp³-hybridized carbons (Fsp3) is 0.500. The highest BCUT2D eigenvalue weighted by Gasteiger charge is 2.23. The van der Waals surface area contributed by atoms with E-state index in [1.807, 2.05) is 11.8 Å². The Bertz CT molecular complexity index is 479. The van der Waals surface area contributed by atoms with Gasteiger partial charge in [-0.15, -0.1) is 0 Å². The van der Waals surface area contributed by atoms with Gasteiger partial charge in [0.1, 0.15) is 17.3 Å². The molecule has 1 fully saturated rings. The van der Waals surface area contributed by atoms with Gasteiger partial charge in [0.05, 0.1) is 5.56 Å². The average Bonchev–Trinajstić information content (AvgIpc) is 2.43. The molecule has 0 heterocycles. The SMILES string of the molecule is CSC1CCC(Nc2c(F)cc(C(=O)O)cc2F)CC1. The highest BCUT2D eigenvalue weighted by Crippen LogP contribution is 2.30. The second kappa shape index (κ2) is 6.43. The minimum Gasteiger partial charge on any atom is -0.478 e. The number of carboxylic acid groups (broad SMARTS) is 1. The highest BCUT2D eigenvalue weighted by molar-refractivity contribution is 7.99. The van der Waals surface area contributed by atoms with E-state index in [-0.39, 0.29) is 17.3 Å². The molecule has 0 radical (unpaired) electrons. The number of aromatic carboxylic acids is 1. The Hall–Kier alpha value is -1.30. The molecule has 0 bridgehead atoms. The monoisotopic (exact) mass is 301 g/mol. The Balaban J connectivity index is 2.08. The minimum atomic E-state index is -1.34. The van der Waals surface area contributed by atoms with Gasteiger partial charge >= 0.3 is 5.97 Å². The number of anilines is 1. The van der Waals surface area contributed by atoms with Crippen molar-refractivity contribution in [2.45, 2.75) is 37.0 Å². The summed E-state index contributed by atoms with van der Waals surface area (Å²) in [5.41, 5.74) is -0.598. The predicted molar refractivity (Wildman–Crippen MR) is 76.5 cm³/mol. The largest absolute Gasteiger partial charge is 0.478 e. The molecule has 1 aromatic carbocycles. The van der Waals surface area contributed by atoms with E-state index in [0.717, 1.165) is 37.8 Å². The van der Waals surface area contributed by atoms with E-state index >= 15 is 0 Å². The third-order valence-electron chi connectivity index (χ3n) is 3.65. The van der Waals surface area contributed by atoms with Crippen molar-refractivity contribution in [1.29, 1.82) is 0 Å². The van der Waals surface area contributed by atoms with Crippen LogP contribution in [-0.2, 0) is 0 Å². The molecule has 0 amide bonds. The molecule has 0 aromatic heterocycles. The van der Waals surface area contributed by atoms with Gasteiger partial charge in [-0.2, -0.15) is 11.8 Å². The summed E-state index contributed by atoms with van der Waals surface area (Å²) in [6, 6.07) is 1.74. The summed E-state index contributed by atoms with van der Waals surface area (Å²) in [4.78, 5) is 10.7. The van der Waals surface area contributed by atoms with Gasteiger partial charge in [-0.05, 0) is 44.1 Å². The molecule has 6 heteroatoms. The van der Waals surface area contributed by atoms with Crippen LogP contribution in [0.4, 0.5) is 14.5 Å². The Morgan fingerprint density at radius 3 is 2.25 bits per heavy atom. The fourth-order valence-electron chi connectivity index (χ4n) is 2.48. The number of carbonyl (C=O) groups is 1. The van der Waals surface area contributed by atoms with Crippen molar-refractivity contribution >= 4 is 23.4 Å². The molecule has 0 saturated heterocycles. The Morgan fingerprint density at radius 1 is 1.25 bits per heavy atom. The molecule has 110 valence electrons. The molecule has 20 heavy (non-hydrogen) atoms. The predicted octanol–water partition coefficient (Wildman–Crippen LogP) is 3.75. The van der Waals surface area contributed by atoms with Crippen LogP contribution in [-0.4, -0.2) is 28.6 Å². The molecule has 0 atom stereocenters. The van der Waals surface area contributed by atoms with Crippen LogP contribution >= 0.6 is 11.8 Å². The number of nitrogens with one attached hydrogen (secondary N) is 1. The van der Waals surface area contributed by atoms with Gasteiger partial charge in [0.2, 0.25) is 0 Å². The van der Waals surface area contributed by atoms with Crippen LogP contribution in [0.5, 0.6) is 0 Å². The third-order valence-corrected chi connectivity index (χ3v) is 4.78. The van der Waals surface area contributed by atoms with E-state index < -0.39 is 17.6 Å². The van der Waals surface area contributed by atoms with E-state index in [1.165, 1.54) is 0 Å². The van der Waals surface area contributed by atoms with Crippen molar-refractivity contribution in [3.63, 3.8) is 0 Å². The second-order valence-corrected chi connectivity index (χ2v) is 6.11. The molecule has 2 N–H and O–H groups in total. The van der Waals surface area contributed by atoms with E-state index in [9.17, 15) is 13.6 Å². The topological polar surface area (TPSA) is 49.3 Å². The van der Waals surface area contributed by atoms with Crippen molar-refractivity contribution in [3.05, 3.63) is 29.3 Å². The maximum Gasteiger partial charge on any atom is 0.335 e. The number of hydrogen-bond acceptors (Lipinski definition) is 3. The number of benzene rings is 1. The van der Waals surface area contributed by atoms with Gasteiger partial charge in [-0.25, -0.2) is 13.6 Å². The van der Waals surface area contributed by atoms with Crippen LogP contribution < -0.4 is 5.32 Å². The molecule has 0 aliphatic heterocycles. The van der Waals surface area contributed by atoms with Gasteiger partial charge in [-0.3, -0.25) is 0 Å². The van der Waals surface area contributed by atoms with Crippen molar-refractivity contribution < 1.29 is 18.7 Å². The average molecular weight is 301 g/mol. The quantitative estimate of drug-likeness (QED) is 0.889. The Morgan fingerprint density at radius 2 is 1.80 bits per heavy atom. The number of thioether (sulfide) groups is 1. The lowest BCUT2D eigenvalue weighted by atomic mass is 9.94. The zero-order valence-corrected chi connectivity index (χ0v) is 12.0. The molecule has 1 aliphatic carbocycles. The van der Waals surface area contributed by atoms with Crippen molar-refractivity contribution in [3.8, 4) is 0 Å². The molecule has 1 aliphatic rings. The van der Waals surface area contributed by atoms with Crippen molar-refractivity contribution in [2.24, 2.45) is 0 Å². The zero-order valence-electron chi connectivity index (χ0n) is 11.2. The summed E-state index contributed by atoms with van der Waals surface area (Å²) >= 11 is 1.82. The van der Waals surface area contributed by atoms with E-state index in [0.29, 0.717) is 5.25 Å².